The Morgan fingerprint density at radius 1 is 1.44 bits per heavy atom. The summed E-state index contributed by atoms with van der Waals surface area (Å²) in [5.74, 6) is 0.0375. The highest BCUT2D eigenvalue weighted by atomic mass is 16.2. The number of benzene rings is 1. The van der Waals surface area contributed by atoms with E-state index >= 15 is 0 Å². The largest absolute Gasteiger partial charge is 0.355 e. The minimum absolute atomic E-state index is 0.0375. The fourth-order valence-corrected chi connectivity index (χ4v) is 2.54. The van der Waals surface area contributed by atoms with Crippen molar-refractivity contribution in [3.63, 3.8) is 0 Å². The molecule has 1 amide bonds. The lowest BCUT2D eigenvalue weighted by Gasteiger charge is -2.19. The van der Waals surface area contributed by atoms with Crippen molar-refractivity contribution < 1.29 is 4.79 Å². The van der Waals surface area contributed by atoms with E-state index in [4.69, 9.17) is 5.73 Å². The van der Waals surface area contributed by atoms with Crippen molar-refractivity contribution in [1.29, 1.82) is 0 Å². The van der Waals surface area contributed by atoms with Crippen LogP contribution >= 0.6 is 0 Å². The molecule has 2 rings (SSSR count). The number of rotatable bonds is 4. The second kappa shape index (κ2) is 5.50. The molecule has 0 bridgehead atoms. The number of nitrogens with one attached hydrogen (secondary N) is 2. The number of nitrogens with two attached hydrogens (primary N) is 1. The molecule has 0 saturated carbocycles. The zero-order chi connectivity index (χ0) is 13.1. The highest BCUT2D eigenvalue weighted by Crippen LogP contribution is 2.37. The van der Waals surface area contributed by atoms with Gasteiger partial charge in [-0.05, 0) is 31.4 Å². The fraction of sp³-hybridized carbons (Fsp3) is 0.500. The smallest absolute Gasteiger partial charge is 0.236 e. The molecule has 4 heteroatoms. The zero-order valence-electron chi connectivity index (χ0n) is 10.9. The van der Waals surface area contributed by atoms with E-state index in [-0.39, 0.29) is 24.0 Å². The predicted octanol–water partition coefficient (Wildman–Crippen LogP) is 1.25. The summed E-state index contributed by atoms with van der Waals surface area (Å²) in [7, 11) is 0. The van der Waals surface area contributed by atoms with Gasteiger partial charge in [-0.1, -0.05) is 24.3 Å². The van der Waals surface area contributed by atoms with Gasteiger partial charge in [0.15, 0.2) is 0 Å². The molecule has 1 aliphatic carbocycles. The molecular weight excluding hydrogens is 226 g/mol. The van der Waals surface area contributed by atoms with Crippen LogP contribution in [0.15, 0.2) is 24.3 Å². The number of likely N-dealkylation sites (N-methyl/N-ethyl adjacent to an activating group) is 1. The summed E-state index contributed by atoms with van der Waals surface area (Å²) in [6, 6.07) is 8.22. The Morgan fingerprint density at radius 2 is 2.11 bits per heavy atom. The van der Waals surface area contributed by atoms with Gasteiger partial charge in [0.25, 0.3) is 0 Å². The summed E-state index contributed by atoms with van der Waals surface area (Å²) < 4.78 is 0. The number of carbonyl (C=O) groups excluding carboxylic acids is 1. The molecule has 1 aliphatic rings. The van der Waals surface area contributed by atoms with Gasteiger partial charge in [-0.15, -0.1) is 0 Å². The van der Waals surface area contributed by atoms with Gasteiger partial charge in [0, 0.05) is 18.6 Å². The average Bonchev–Trinajstić information content (AvgIpc) is 2.67. The molecule has 1 aromatic carbocycles. The Balaban J connectivity index is 2.06. The fourth-order valence-electron chi connectivity index (χ4n) is 2.54. The predicted molar refractivity (Wildman–Crippen MR) is 72.0 cm³/mol. The van der Waals surface area contributed by atoms with Crippen LogP contribution in [0, 0.1) is 0 Å². The van der Waals surface area contributed by atoms with E-state index in [1.165, 1.54) is 11.1 Å². The summed E-state index contributed by atoms with van der Waals surface area (Å²) in [5, 5.41) is 6.18. The van der Waals surface area contributed by atoms with Crippen molar-refractivity contribution in [2.24, 2.45) is 5.73 Å². The van der Waals surface area contributed by atoms with E-state index in [1.807, 2.05) is 26.0 Å². The van der Waals surface area contributed by atoms with Crippen LogP contribution < -0.4 is 16.4 Å². The number of carbonyl (C=O) groups is 1. The van der Waals surface area contributed by atoms with E-state index in [0.29, 0.717) is 6.54 Å². The first-order valence-corrected chi connectivity index (χ1v) is 6.51. The van der Waals surface area contributed by atoms with E-state index in [9.17, 15) is 4.79 Å². The molecule has 0 spiro atoms. The molecule has 18 heavy (non-hydrogen) atoms. The molecule has 4 nitrogen and oxygen atoms in total. The van der Waals surface area contributed by atoms with Crippen molar-refractivity contribution in [1.82, 2.24) is 10.6 Å². The summed E-state index contributed by atoms with van der Waals surface area (Å²) in [5.41, 5.74) is 8.52. The quantitative estimate of drug-likeness (QED) is 0.750. The third-order valence-corrected chi connectivity index (χ3v) is 3.46. The van der Waals surface area contributed by atoms with Crippen LogP contribution in [0.4, 0.5) is 0 Å². The molecule has 0 aliphatic heterocycles. The van der Waals surface area contributed by atoms with Gasteiger partial charge in [-0.25, -0.2) is 0 Å². The lowest BCUT2D eigenvalue weighted by Crippen LogP contribution is -2.43. The monoisotopic (exact) mass is 247 g/mol. The van der Waals surface area contributed by atoms with Crippen molar-refractivity contribution >= 4 is 5.91 Å². The molecule has 0 saturated heterocycles. The van der Waals surface area contributed by atoms with Crippen LogP contribution in [0.2, 0.25) is 0 Å². The number of amides is 1. The Kier molecular flexibility index (Phi) is 3.99. The van der Waals surface area contributed by atoms with Gasteiger partial charge >= 0.3 is 0 Å². The Labute approximate surface area is 108 Å². The maximum atomic E-state index is 11.7. The molecule has 0 heterocycles. The highest BCUT2D eigenvalue weighted by Gasteiger charge is 2.29. The van der Waals surface area contributed by atoms with Crippen molar-refractivity contribution in [2.45, 2.75) is 38.4 Å². The van der Waals surface area contributed by atoms with Crippen molar-refractivity contribution in [3.05, 3.63) is 35.4 Å². The van der Waals surface area contributed by atoms with Gasteiger partial charge in [0.05, 0.1) is 6.04 Å². The van der Waals surface area contributed by atoms with Gasteiger partial charge < -0.3 is 11.1 Å². The third-order valence-electron chi connectivity index (χ3n) is 3.46. The molecule has 4 N–H and O–H groups in total. The molecule has 0 fully saturated rings. The minimum Gasteiger partial charge on any atom is -0.355 e. The normalized spacial score (nSPS) is 23.5. The summed E-state index contributed by atoms with van der Waals surface area (Å²) >= 11 is 0. The van der Waals surface area contributed by atoms with Crippen molar-refractivity contribution in [2.75, 3.05) is 6.54 Å². The molecule has 3 unspecified atom stereocenters. The Hall–Kier alpha value is -1.39. The van der Waals surface area contributed by atoms with Gasteiger partial charge in [-0.2, -0.15) is 0 Å². The zero-order valence-corrected chi connectivity index (χ0v) is 10.9. The first-order valence-electron chi connectivity index (χ1n) is 6.51. The SMILES string of the molecule is CCNC(=O)C(C)NC1CC(N)c2ccccc21. The van der Waals surface area contributed by atoms with Crippen LogP contribution in [-0.2, 0) is 4.79 Å². The first-order chi connectivity index (χ1) is 8.63. The topological polar surface area (TPSA) is 67.2 Å². The van der Waals surface area contributed by atoms with Crippen molar-refractivity contribution in [3.8, 4) is 0 Å². The van der Waals surface area contributed by atoms with Gasteiger partial charge in [0.2, 0.25) is 5.91 Å². The van der Waals surface area contributed by atoms with Crippen LogP contribution in [-0.4, -0.2) is 18.5 Å². The maximum Gasteiger partial charge on any atom is 0.236 e. The van der Waals surface area contributed by atoms with E-state index in [1.54, 1.807) is 0 Å². The molecule has 0 aromatic heterocycles. The summed E-state index contributed by atoms with van der Waals surface area (Å²) in [6.07, 6.45) is 0.850. The van der Waals surface area contributed by atoms with E-state index in [0.717, 1.165) is 6.42 Å². The number of fused-ring (bicyclic) bond motifs is 1. The van der Waals surface area contributed by atoms with Crippen LogP contribution in [0.1, 0.15) is 43.5 Å². The summed E-state index contributed by atoms with van der Waals surface area (Å²) in [4.78, 5) is 11.7. The lowest BCUT2D eigenvalue weighted by molar-refractivity contribution is -0.122. The molecule has 1 aromatic rings. The standard InChI is InChI=1S/C14H21N3O/c1-3-16-14(18)9(2)17-13-8-12(15)10-6-4-5-7-11(10)13/h4-7,9,12-13,17H,3,8,15H2,1-2H3,(H,16,18). The Morgan fingerprint density at radius 3 is 2.78 bits per heavy atom. The van der Waals surface area contributed by atoms with Gasteiger partial charge in [0.1, 0.15) is 0 Å². The first kappa shape index (κ1) is 13.1. The Bertz CT molecular complexity index is 433. The van der Waals surface area contributed by atoms with E-state index < -0.39 is 0 Å². The van der Waals surface area contributed by atoms with Crippen LogP contribution in [0.3, 0.4) is 0 Å². The molecular formula is C14H21N3O. The van der Waals surface area contributed by atoms with E-state index in [2.05, 4.69) is 22.8 Å². The maximum absolute atomic E-state index is 11.7. The number of hydrogen-bond donors (Lipinski definition) is 3. The average molecular weight is 247 g/mol. The molecule has 3 atom stereocenters. The van der Waals surface area contributed by atoms with Gasteiger partial charge in [-0.3, -0.25) is 10.1 Å². The highest BCUT2D eigenvalue weighted by molar-refractivity contribution is 5.81. The lowest BCUT2D eigenvalue weighted by atomic mass is 10.1. The second-order valence-electron chi connectivity index (χ2n) is 4.81. The van der Waals surface area contributed by atoms with Crippen LogP contribution in [0.25, 0.3) is 0 Å². The van der Waals surface area contributed by atoms with Crippen LogP contribution in [0.5, 0.6) is 0 Å². The summed E-state index contributed by atoms with van der Waals surface area (Å²) in [6.45, 7) is 4.47. The molecule has 0 radical (unpaired) electrons. The number of hydrogen-bond acceptors (Lipinski definition) is 3. The molecule has 98 valence electrons. The second-order valence-corrected chi connectivity index (χ2v) is 4.81. The third kappa shape index (κ3) is 2.54. The minimum atomic E-state index is -0.201.